The van der Waals surface area contributed by atoms with Gasteiger partial charge in [0.05, 0.1) is 12.9 Å². The topological polar surface area (TPSA) is 89.7 Å². The number of rotatable bonds is 7. The van der Waals surface area contributed by atoms with Gasteiger partial charge in [-0.1, -0.05) is 42.6 Å². The normalized spacial score (nSPS) is 14.8. The summed E-state index contributed by atoms with van der Waals surface area (Å²) in [6.07, 6.45) is 6.29. The number of H-pyrrole nitrogens is 1. The summed E-state index contributed by atoms with van der Waals surface area (Å²) in [6.45, 7) is 0. The molecular formula is C18H21N5O2S. The molecule has 136 valence electrons. The molecule has 1 saturated carbocycles. The van der Waals surface area contributed by atoms with Crippen molar-refractivity contribution in [1.29, 1.82) is 0 Å². The number of nitrogens with zero attached hydrogens (tertiary/aromatic N) is 4. The van der Waals surface area contributed by atoms with E-state index in [1.165, 1.54) is 37.4 Å². The third-order valence-corrected chi connectivity index (χ3v) is 5.44. The lowest BCUT2D eigenvalue weighted by atomic mass is 10.0. The van der Waals surface area contributed by atoms with E-state index in [1.807, 2.05) is 24.3 Å². The minimum Gasteiger partial charge on any atom is -0.497 e. The van der Waals surface area contributed by atoms with E-state index in [9.17, 15) is 0 Å². The molecular weight excluding hydrogens is 350 g/mol. The zero-order chi connectivity index (χ0) is 17.8. The first-order valence-electron chi connectivity index (χ1n) is 8.81. The average molecular weight is 371 g/mol. The van der Waals surface area contributed by atoms with Crippen LogP contribution in [0.2, 0.25) is 0 Å². The van der Waals surface area contributed by atoms with Crippen LogP contribution in [0.25, 0.3) is 11.4 Å². The first-order chi connectivity index (χ1) is 12.8. The molecule has 0 atom stereocenters. The number of hydrogen-bond acceptors (Lipinski definition) is 7. The summed E-state index contributed by atoms with van der Waals surface area (Å²) < 4.78 is 10.5. The predicted octanol–water partition coefficient (Wildman–Crippen LogP) is 3.89. The SMILES string of the molecule is COc1ccc(-c2noc(CSc3n[nH]c(CC4CCCC4)n3)n2)cc1. The molecule has 0 amide bonds. The number of aromatic amines is 1. The smallest absolute Gasteiger partial charge is 0.237 e. The highest BCUT2D eigenvalue weighted by atomic mass is 32.2. The van der Waals surface area contributed by atoms with Crippen molar-refractivity contribution >= 4 is 11.8 Å². The minimum atomic E-state index is 0.546. The van der Waals surface area contributed by atoms with Crippen LogP contribution in [0, 0.1) is 5.92 Å². The molecule has 1 N–H and O–H groups in total. The average Bonchev–Trinajstić information content (AvgIpc) is 3.43. The Hall–Kier alpha value is -2.35. The van der Waals surface area contributed by atoms with Crippen molar-refractivity contribution in [3.63, 3.8) is 0 Å². The second-order valence-electron chi connectivity index (χ2n) is 6.45. The van der Waals surface area contributed by atoms with Crippen molar-refractivity contribution in [2.75, 3.05) is 7.11 Å². The van der Waals surface area contributed by atoms with Gasteiger partial charge < -0.3 is 9.26 Å². The van der Waals surface area contributed by atoms with Crippen LogP contribution >= 0.6 is 11.8 Å². The first kappa shape index (κ1) is 17.1. The molecule has 0 unspecified atom stereocenters. The Labute approximate surface area is 155 Å². The second-order valence-corrected chi connectivity index (χ2v) is 7.39. The van der Waals surface area contributed by atoms with Crippen LogP contribution in [-0.2, 0) is 12.2 Å². The molecule has 0 aliphatic heterocycles. The third kappa shape index (κ3) is 4.07. The lowest BCUT2D eigenvalue weighted by Gasteiger charge is -2.03. The van der Waals surface area contributed by atoms with Gasteiger partial charge in [-0.05, 0) is 30.2 Å². The Morgan fingerprint density at radius 3 is 2.77 bits per heavy atom. The van der Waals surface area contributed by atoms with Crippen molar-refractivity contribution in [1.82, 2.24) is 25.3 Å². The van der Waals surface area contributed by atoms with E-state index >= 15 is 0 Å². The summed E-state index contributed by atoms with van der Waals surface area (Å²) in [7, 11) is 1.64. The number of hydrogen-bond donors (Lipinski definition) is 1. The van der Waals surface area contributed by atoms with Gasteiger partial charge in [0.25, 0.3) is 0 Å². The van der Waals surface area contributed by atoms with Crippen LogP contribution in [0.15, 0.2) is 33.9 Å². The fourth-order valence-corrected chi connectivity index (χ4v) is 3.87. The van der Waals surface area contributed by atoms with E-state index in [-0.39, 0.29) is 0 Å². The number of benzene rings is 1. The molecule has 3 aromatic rings. The highest BCUT2D eigenvalue weighted by Gasteiger charge is 2.18. The highest BCUT2D eigenvalue weighted by Crippen LogP contribution is 2.28. The molecule has 8 heteroatoms. The minimum absolute atomic E-state index is 0.546. The Morgan fingerprint density at radius 1 is 1.19 bits per heavy atom. The Balaban J connectivity index is 1.33. The number of aromatic nitrogens is 5. The molecule has 1 aliphatic carbocycles. The van der Waals surface area contributed by atoms with Gasteiger partial charge in [-0.15, -0.1) is 5.10 Å². The standard InChI is InChI=1S/C18H21N5O2S/c1-24-14-8-6-13(7-9-14)17-20-16(25-23-17)11-26-18-19-15(21-22-18)10-12-4-2-3-5-12/h6-9,12H,2-5,10-11H2,1H3,(H,19,21,22). The van der Waals surface area contributed by atoms with Crippen LogP contribution in [-0.4, -0.2) is 32.4 Å². The fourth-order valence-electron chi connectivity index (χ4n) is 3.22. The van der Waals surface area contributed by atoms with E-state index in [0.717, 1.165) is 34.6 Å². The molecule has 1 aliphatic rings. The number of ether oxygens (including phenoxy) is 1. The molecule has 0 radical (unpaired) electrons. The summed E-state index contributed by atoms with van der Waals surface area (Å²) in [5.41, 5.74) is 0.891. The van der Waals surface area contributed by atoms with E-state index in [4.69, 9.17) is 9.26 Å². The zero-order valence-corrected chi connectivity index (χ0v) is 15.5. The van der Waals surface area contributed by atoms with Gasteiger partial charge in [-0.2, -0.15) is 4.98 Å². The lowest BCUT2D eigenvalue weighted by Crippen LogP contribution is -2.00. The molecule has 26 heavy (non-hydrogen) atoms. The summed E-state index contributed by atoms with van der Waals surface area (Å²) in [5.74, 6) is 4.20. The van der Waals surface area contributed by atoms with Crippen molar-refractivity contribution in [3.8, 4) is 17.1 Å². The molecule has 2 heterocycles. The Bertz CT molecular complexity index is 839. The fraction of sp³-hybridized carbons (Fsp3) is 0.444. The number of thioether (sulfide) groups is 1. The summed E-state index contributed by atoms with van der Waals surface area (Å²) in [5, 5.41) is 12.1. The van der Waals surface area contributed by atoms with E-state index in [1.54, 1.807) is 7.11 Å². The van der Waals surface area contributed by atoms with E-state index in [0.29, 0.717) is 17.5 Å². The van der Waals surface area contributed by atoms with E-state index in [2.05, 4.69) is 25.3 Å². The monoisotopic (exact) mass is 371 g/mol. The Kier molecular flexibility index (Phi) is 5.19. The van der Waals surface area contributed by atoms with Crippen LogP contribution in [0.3, 0.4) is 0 Å². The van der Waals surface area contributed by atoms with Crippen LogP contribution < -0.4 is 4.74 Å². The number of methoxy groups -OCH3 is 1. The van der Waals surface area contributed by atoms with Gasteiger partial charge in [0, 0.05) is 12.0 Å². The largest absolute Gasteiger partial charge is 0.497 e. The maximum Gasteiger partial charge on any atom is 0.237 e. The summed E-state index contributed by atoms with van der Waals surface area (Å²) in [6, 6.07) is 7.57. The van der Waals surface area contributed by atoms with Crippen molar-refractivity contribution in [2.45, 2.75) is 43.0 Å². The molecule has 1 fully saturated rings. The van der Waals surface area contributed by atoms with Gasteiger partial charge in [0.1, 0.15) is 11.6 Å². The molecule has 0 bridgehead atoms. The third-order valence-electron chi connectivity index (χ3n) is 4.61. The van der Waals surface area contributed by atoms with Crippen molar-refractivity contribution in [2.24, 2.45) is 5.92 Å². The first-order valence-corrected chi connectivity index (χ1v) is 9.80. The summed E-state index contributed by atoms with van der Waals surface area (Å²) in [4.78, 5) is 9.00. The summed E-state index contributed by atoms with van der Waals surface area (Å²) >= 11 is 1.50. The zero-order valence-electron chi connectivity index (χ0n) is 14.6. The van der Waals surface area contributed by atoms with Gasteiger partial charge in [-0.3, -0.25) is 5.10 Å². The predicted molar refractivity (Wildman–Crippen MR) is 97.9 cm³/mol. The second kappa shape index (κ2) is 7.90. The van der Waals surface area contributed by atoms with E-state index < -0.39 is 0 Å². The van der Waals surface area contributed by atoms with Crippen molar-refractivity contribution < 1.29 is 9.26 Å². The molecule has 7 nitrogen and oxygen atoms in total. The van der Waals surface area contributed by atoms with Crippen LogP contribution in [0.4, 0.5) is 0 Å². The van der Waals surface area contributed by atoms with Gasteiger partial charge >= 0.3 is 0 Å². The van der Waals surface area contributed by atoms with Gasteiger partial charge in [0.15, 0.2) is 0 Å². The molecule has 0 spiro atoms. The van der Waals surface area contributed by atoms with Crippen LogP contribution in [0.1, 0.15) is 37.4 Å². The van der Waals surface area contributed by atoms with Gasteiger partial charge in [0.2, 0.25) is 16.9 Å². The number of nitrogens with one attached hydrogen (secondary N) is 1. The van der Waals surface area contributed by atoms with Crippen LogP contribution in [0.5, 0.6) is 5.75 Å². The van der Waals surface area contributed by atoms with Gasteiger partial charge in [-0.25, -0.2) is 4.98 Å². The molecule has 1 aromatic carbocycles. The quantitative estimate of drug-likeness (QED) is 0.630. The highest BCUT2D eigenvalue weighted by molar-refractivity contribution is 7.98. The Morgan fingerprint density at radius 2 is 2.00 bits per heavy atom. The lowest BCUT2D eigenvalue weighted by molar-refractivity contribution is 0.391. The molecule has 4 rings (SSSR count). The molecule has 2 aromatic heterocycles. The molecule has 0 saturated heterocycles. The van der Waals surface area contributed by atoms with Crippen molar-refractivity contribution in [3.05, 3.63) is 36.0 Å². The maximum atomic E-state index is 5.33. The maximum absolute atomic E-state index is 5.33.